The Morgan fingerprint density at radius 2 is 2.11 bits per heavy atom. The van der Waals surface area contributed by atoms with Crippen molar-refractivity contribution in [2.45, 2.75) is 6.54 Å². The summed E-state index contributed by atoms with van der Waals surface area (Å²) < 4.78 is 7.24. The van der Waals surface area contributed by atoms with Crippen LogP contribution < -0.4 is 10.1 Å². The number of nitrogens with one attached hydrogen (secondary N) is 1. The highest BCUT2D eigenvalue weighted by Gasteiger charge is 2.21. The number of imidazole rings is 1. The number of carbonyl (C=O) groups is 1. The van der Waals surface area contributed by atoms with Crippen LogP contribution in [0.25, 0.3) is 16.2 Å². The molecule has 0 saturated heterocycles. The van der Waals surface area contributed by atoms with E-state index >= 15 is 0 Å². The van der Waals surface area contributed by atoms with Gasteiger partial charge in [-0.1, -0.05) is 41.9 Å². The molecule has 4 aromatic rings. The number of ether oxygens (including phenoxy) is 1. The second kappa shape index (κ2) is 7.42. The van der Waals surface area contributed by atoms with Gasteiger partial charge >= 0.3 is 0 Å². The number of methoxy groups -OCH3 is 1. The number of hydrogen-bond donors (Lipinski definition) is 1. The molecule has 0 spiro atoms. The largest absolute Gasteiger partial charge is 0.497 e. The number of rotatable bonds is 5. The Kier molecular flexibility index (Phi) is 4.83. The van der Waals surface area contributed by atoms with Crippen molar-refractivity contribution in [2.75, 3.05) is 7.11 Å². The summed E-state index contributed by atoms with van der Waals surface area (Å²) in [6.07, 6.45) is 1.91. The van der Waals surface area contributed by atoms with Gasteiger partial charge in [0.25, 0.3) is 5.91 Å². The van der Waals surface area contributed by atoms with Gasteiger partial charge in [0.1, 0.15) is 5.75 Å². The first-order valence-electron chi connectivity index (χ1n) is 8.29. The molecule has 4 rings (SSSR count). The Bertz CT molecular complexity index is 1120. The van der Waals surface area contributed by atoms with E-state index < -0.39 is 0 Å². The van der Waals surface area contributed by atoms with Crippen LogP contribution in [-0.4, -0.2) is 22.4 Å². The minimum Gasteiger partial charge on any atom is -0.497 e. The smallest absolute Gasteiger partial charge is 0.272 e. The van der Waals surface area contributed by atoms with E-state index in [1.54, 1.807) is 13.2 Å². The molecule has 2 heterocycles. The zero-order chi connectivity index (χ0) is 18.8. The molecule has 0 fully saturated rings. The van der Waals surface area contributed by atoms with E-state index in [1.165, 1.54) is 11.3 Å². The molecule has 0 aliphatic heterocycles. The lowest BCUT2D eigenvalue weighted by atomic mass is 10.1. The third kappa shape index (κ3) is 3.41. The first kappa shape index (κ1) is 17.6. The number of benzene rings is 2. The summed E-state index contributed by atoms with van der Waals surface area (Å²) in [6, 6.07) is 15.0. The number of halogens is 1. The lowest BCUT2D eigenvalue weighted by Gasteiger charge is -2.08. The lowest BCUT2D eigenvalue weighted by Crippen LogP contribution is -2.24. The van der Waals surface area contributed by atoms with Crippen LogP contribution in [0.5, 0.6) is 5.75 Å². The number of carbonyl (C=O) groups excluding carboxylic acids is 1. The van der Waals surface area contributed by atoms with Crippen molar-refractivity contribution in [2.24, 2.45) is 0 Å². The molecule has 0 unspecified atom stereocenters. The summed E-state index contributed by atoms with van der Waals surface area (Å²) >= 11 is 7.66. The zero-order valence-electron chi connectivity index (χ0n) is 14.5. The summed E-state index contributed by atoms with van der Waals surface area (Å²) in [5.41, 5.74) is 2.84. The fourth-order valence-electron chi connectivity index (χ4n) is 2.89. The molecule has 0 radical (unpaired) electrons. The van der Waals surface area contributed by atoms with Gasteiger partial charge in [0.2, 0.25) is 0 Å². The SMILES string of the molecule is COc1cccc(-c2c(C(=O)NCc3ccccc3Cl)nc3sccn23)c1. The summed E-state index contributed by atoms with van der Waals surface area (Å²) in [6.45, 7) is 0.335. The Balaban J connectivity index is 1.70. The van der Waals surface area contributed by atoms with E-state index in [0.717, 1.165) is 27.5 Å². The average molecular weight is 398 g/mol. The van der Waals surface area contributed by atoms with Crippen molar-refractivity contribution < 1.29 is 9.53 Å². The standard InChI is InChI=1S/C20H16ClN3O2S/c1-26-15-7-4-6-13(11-15)18-17(23-20-24(18)9-10-27-20)19(25)22-12-14-5-2-3-8-16(14)21/h2-11H,12H2,1H3,(H,22,25). The van der Waals surface area contributed by atoms with Gasteiger partial charge in [-0.2, -0.15) is 0 Å². The van der Waals surface area contributed by atoms with Gasteiger partial charge in [0.05, 0.1) is 12.8 Å². The van der Waals surface area contributed by atoms with Crippen LogP contribution in [0.1, 0.15) is 16.1 Å². The molecular weight excluding hydrogens is 382 g/mol. The highest BCUT2D eigenvalue weighted by atomic mass is 35.5. The Hall–Kier alpha value is -2.83. The average Bonchev–Trinajstić information content (AvgIpc) is 3.28. The first-order valence-corrected chi connectivity index (χ1v) is 9.54. The summed E-state index contributed by atoms with van der Waals surface area (Å²) in [5.74, 6) is 0.476. The van der Waals surface area contributed by atoms with Crippen molar-refractivity contribution in [3.63, 3.8) is 0 Å². The van der Waals surface area contributed by atoms with E-state index in [0.29, 0.717) is 17.3 Å². The minimum absolute atomic E-state index is 0.247. The quantitative estimate of drug-likeness (QED) is 0.533. The first-order chi connectivity index (χ1) is 13.2. The number of nitrogens with zero attached hydrogens (tertiary/aromatic N) is 2. The van der Waals surface area contributed by atoms with Crippen molar-refractivity contribution in [1.82, 2.24) is 14.7 Å². The number of amides is 1. The summed E-state index contributed by atoms with van der Waals surface area (Å²) in [7, 11) is 1.62. The molecule has 1 N–H and O–H groups in total. The molecule has 0 aliphatic rings. The van der Waals surface area contributed by atoms with Crippen LogP contribution in [0.4, 0.5) is 0 Å². The fraction of sp³-hybridized carbons (Fsp3) is 0.100. The second-order valence-corrected chi connectivity index (χ2v) is 7.15. The molecule has 2 aromatic heterocycles. The zero-order valence-corrected chi connectivity index (χ0v) is 16.1. The maximum Gasteiger partial charge on any atom is 0.272 e. The predicted molar refractivity (Wildman–Crippen MR) is 108 cm³/mol. The lowest BCUT2D eigenvalue weighted by molar-refractivity contribution is 0.0947. The van der Waals surface area contributed by atoms with Gasteiger partial charge < -0.3 is 10.1 Å². The Labute approximate surface area is 165 Å². The van der Waals surface area contributed by atoms with Crippen LogP contribution in [0, 0.1) is 0 Å². The Morgan fingerprint density at radius 1 is 1.26 bits per heavy atom. The highest BCUT2D eigenvalue weighted by Crippen LogP contribution is 2.30. The number of hydrogen-bond acceptors (Lipinski definition) is 4. The number of fused-ring (bicyclic) bond motifs is 1. The van der Waals surface area contributed by atoms with Gasteiger partial charge in [-0.3, -0.25) is 9.20 Å². The summed E-state index contributed by atoms with van der Waals surface area (Å²) in [5, 5.41) is 5.48. The van der Waals surface area contributed by atoms with Crippen molar-refractivity contribution >= 4 is 33.8 Å². The highest BCUT2D eigenvalue weighted by molar-refractivity contribution is 7.15. The fourth-order valence-corrected chi connectivity index (χ4v) is 3.81. The van der Waals surface area contributed by atoms with E-state index in [1.807, 2.05) is 58.4 Å². The predicted octanol–water partition coefficient (Wildman–Crippen LogP) is 4.65. The molecule has 0 aliphatic carbocycles. The molecule has 7 heteroatoms. The van der Waals surface area contributed by atoms with Gasteiger partial charge in [0.15, 0.2) is 10.7 Å². The normalized spacial score (nSPS) is 10.9. The number of thiazole rings is 1. The van der Waals surface area contributed by atoms with E-state index in [4.69, 9.17) is 16.3 Å². The minimum atomic E-state index is -0.247. The van der Waals surface area contributed by atoms with Gasteiger partial charge in [0, 0.05) is 28.7 Å². The van der Waals surface area contributed by atoms with Gasteiger partial charge in [-0.15, -0.1) is 11.3 Å². The third-order valence-electron chi connectivity index (χ3n) is 4.22. The topological polar surface area (TPSA) is 55.6 Å². The van der Waals surface area contributed by atoms with Gasteiger partial charge in [-0.25, -0.2) is 4.98 Å². The van der Waals surface area contributed by atoms with E-state index in [9.17, 15) is 4.79 Å². The van der Waals surface area contributed by atoms with Crippen LogP contribution in [0.2, 0.25) is 5.02 Å². The molecule has 0 saturated carbocycles. The molecule has 0 atom stereocenters. The molecule has 0 bridgehead atoms. The van der Waals surface area contributed by atoms with Crippen molar-refractivity contribution in [3.8, 4) is 17.0 Å². The van der Waals surface area contributed by atoms with Crippen molar-refractivity contribution in [1.29, 1.82) is 0 Å². The maximum absolute atomic E-state index is 12.9. The third-order valence-corrected chi connectivity index (χ3v) is 5.34. The van der Waals surface area contributed by atoms with Crippen LogP contribution in [-0.2, 0) is 6.54 Å². The molecular formula is C20H16ClN3O2S. The van der Waals surface area contributed by atoms with Crippen LogP contribution >= 0.6 is 22.9 Å². The number of aromatic nitrogens is 2. The molecule has 27 heavy (non-hydrogen) atoms. The van der Waals surface area contributed by atoms with E-state index in [-0.39, 0.29) is 5.91 Å². The molecule has 2 aromatic carbocycles. The Morgan fingerprint density at radius 3 is 2.93 bits per heavy atom. The monoisotopic (exact) mass is 397 g/mol. The summed E-state index contributed by atoms with van der Waals surface area (Å²) in [4.78, 5) is 18.2. The molecule has 1 amide bonds. The molecule has 5 nitrogen and oxygen atoms in total. The van der Waals surface area contributed by atoms with E-state index in [2.05, 4.69) is 10.3 Å². The van der Waals surface area contributed by atoms with Crippen LogP contribution in [0.15, 0.2) is 60.1 Å². The molecule has 136 valence electrons. The van der Waals surface area contributed by atoms with Crippen LogP contribution in [0.3, 0.4) is 0 Å². The maximum atomic E-state index is 12.9. The second-order valence-electron chi connectivity index (χ2n) is 5.87. The van der Waals surface area contributed by atoms with Gasteiger partial charge in [-0.05, 0) is 23.8 Å². The van der Waals surface area contributed by atoms with Crippen molar-refractivity contribution in [3.05, 3.63) is 76.4 Å².